The van der Waals surface area contributed by atoms with Crippen molar-refractivity contribution in [2.45, 2.75) is 26.7 Å². The second-order valence-electron chi connectivity index (χ2n) is 4.73. The first kappa shape index (κ1) is 11.0. The first-order valence-electron chi connectivity index (χ1n) is 5.11. The van der Waals surface area contributed by atoms with Gasteiger partial charge in [-0.3, -0.25) is 0 Å². The Bertz CT molecular complexity index is 138. The summed E-state index contributed by atoms with van der Waals surface area (Å²) in [6.07, 6.45) is 2.49. The molecule has 2 nitrogen and oxygen atoms in total. The highest BCUT2D eigenvalue weighted by Gasteiger charge is 2.41. The van der Waals surface area contributed by atoms with Gasteiger partial charge < -0.3 is 9.47 Å². The van der Waals surface area contributed by atoms with Crippen LogP contribution >= 0.6 is 0 Å². The van der Waals surface area contributed by atoms with Crippen molar-refractivity contribution < 1.29 is 9.47 Å². The average Bonchev–Trinajstić information content (AvgIpc) is 2.29. The van der Waals surface area contributed by atoms with Crippen LogP contribution in [0.15, 0.2) is 0 Å². The number of hydrogen-bond acceptors (Lipinski definition) is 2. The van der Waals surface area contributed by atoms with Crippen LogP contribution in [-0.4, -0.2) is 27.4 Å². The van der Waals surface area contributed by atoms with E-state index in [4.69, 9.17) is 9.47 Å². The van der Waals surface area contributed by atoms with E-state index < -0.39 is 0 Å². The Balaban J connectivity index is 2.58. The minimum Gasteiger partial charge on any atom is -0.384 e. The maximum absolute atomic E-state index is 5.30. The highest BCUT2D eigenvalue weighted by Crippen LogP contribution is 2.45. The van der Waals surface area contributed by atoms with Crippen molar-refractivity contribution in [3.8, 4) is 0 Å². The summed E-state index contributed by atoms with van der Waals surface area (Å²) in [5, 5.41) is 0. The molecule has 0 aromatic rings. The molecular weight excluding hydrogens is 164 g/mol. The Morgan fingerprint density at radius 1 is 1.00 bits per heavy atom. The van der Waals surface area contributed by atoms with Gasteiger partial charge in [0.2, 0.25) is 0 Å². The molecule has 2 atom stereocenters. The van der Waals surface area contributed by atoms with E-state index in [2.05, 4.69) is 13.8 Å². The SMILES string of the molecule is COCC1(COC)C[C@H](C)[C@@H](C)C1. The molecule has 1 aliphatic carbocycles. The van der Waals surface area contributed by atoms with E-state index >= 15 is 0 Å². The van der Waals surface area contributed by atoms with Crippen LogP contribution < -0.4 is 0 Å². The van der Waals surface area contributed by atoms with Crippen LogP contribution in [0.3, 0.4) is 0 Å². The van der Waals surface area contributed by atoms with Crippen molar-refractivity contribution in [3.05, 3.63) is 0 Å². The standard InChI is InChI=1S/C11H22O2/c1-9-5-11(7-12-3,8-13-4)6-10(9)2/h9-10H,5-8H2,1-4H3/t9-,10-/m0/s1. The molecule has 13 heavy (non-hydrogen) atoms. The summed E-state index contributed by atoms with van der Waals surface area (Å²) in [5.41, 5.74) is 0.294. The molecule has 1 saturated carbocycles. The Hall–Kier alpha value is -0.0800. The Morgan fingerprint density at radius 3 is 1.69 bits per heavy atom. The van der Waals surface area contributed by atoms with Gasteiger partial charge in [-0.2, -0.15) is 0 Å². The van der Waals surface area contributed by atoms with E-state index in [-0.39, 0.29) is 0 Å². The van der Waals surface area contributed by atoms with Gasteiger partial charge in [0.1, 0.15) is 0 Å². The molecule has 0 bridgehead atoms. The predicted octanol–water partition coefficient (Wildman–Crippen LogP) is 2.33. The fourth-order valence-corrected chi connectivity index (χ4v) is 2.74. The second kappa shape index (κ2) is 4.43. The van der Waals surface area contributed by atoms with Crippen molar-refractivity contribution in [1.82, 2.24) is 0 Å². The molecule has 0 aromatic carbocycles. The molecule has 0 amide bonds. The van der Waals surface area contributed by atoms with Gasteiger partial charge in [0.05, 0.1) is 13.2 Å². The summed E-state index contributed by atoms with van der Waals surface area (Å²) < 4.78 is 10.6. The van der Waals surface area contributed by atoms with Crippen molar-refractivity contribution in [1.29, 1.82) is 0 Å². The highest BCUT2D eigenvalue weighted by atomic mass is 16.5. The van der Waals surface area contributed by atoms with Gasteiger partial charge in [-0.1, -0.05) is 13.8 Å². The van der Waals surface area contributed by atoms with E-state index in [1.807, 2.05) is 0 Å². The van der Waals surface area contributed by atoms with Crippen molar-refractivity contribution in [2.24, 2.45) is 17.3 Å². The molecule has 1 aliphatic rings. The highest BCUT2D eigenvalue weighted by molar-refractivity contribution is 4.91. The van der Waals surface area contributed by atoms with Gasteiger partial charge in [-0.25, -0.2) is 0 Å². The maximum Gasteiger partial charge on any atom is 0.0540 e. The van der Waals surface area contributed by atoms with Gasteiger partial charge in [-0.15, -0.1) is 0 Å². The second-order valence-corrected chi connectivity index (χ2v) is 4.73. The molecule has 0 unspecified atom stereocenters. The van der Waals surface area contributed by atoms with Crippen molar-refractivity contribution in [2.75, 3.05) is 27.4 Å². The van der Waals surface area contributed by atoms with Crippen LogP contribution in [0.25, 0.3) is 0 Å². The number of ether oxygens (including phenoxy) is 2. The Labute approximate surface area is 81.6 Å². The third kappa shape index (κ3) is 2.44. The summed E-state index contributed by atoms with van der Waals surface area (Å²) in [6, 6.07) is 0. The number of rotatable bonds is 4. The van der Waals surface area contributed by atoms with E-state index in [1.54, 1.807) is 14.2 Å². The molecule has 2 heteroatoms. The topological polar surface area (TPSA) is 18.5 Å². The summed E-state index contributed by atoms with van der Waals surface area (Å²) in [4.78, 5) is 0. The Kier molecular flexibility index (Phi) is 3.74. The number of methoxy groups -OCH3 is 2. The lowest BCUT2D eigenvalue weighted by molar-refractivity contribution is 0.0110. The van der Waals surface area contributed by atoms with Crippen LogP contribution in [0.1, 0.15) is 26.7 Å². The maximum atomic E-state index is 5.30. The van der Waals surface area contributed by atoms with Gasteiger partial charge in [0.25, 0.3) is 0 Å². The fourth-order valence-electron chi connectivity index (χ4n) is 2.74. The van der Waals surface area contributed by atoms with Crippen LogP contribution in [0.2, 0.25) is 0 Å². The lowest BCUT2D eigenvalue weighted by Gasteiger charge is -2.27. The summed E-state index contributed by atoms with van der Waals surface area (Å²) in [6.45, 7) is 6.35. The molecule has 1 fully saturated rings. The average molecular weight is 186 g/mol. The molecular formula is C11H22O2. The molecule has 0 heterocycles. The lowest BCUT2D eigenvalue weighted by atomic mass is 9.87. The minimum atomic E-state index is 0.294. The van der Waals surface area contributed by atoms with Gasteiger partial charge in [0, 0.05) is 19.6 Å². The summed E-state index contributed by atoms with van der Waals surface area (Å²) in [5.74, 6) is 1.62. The van der Waals surface area contributed by atoms with E-state index in [0.29, 0.717) is 5.41 Å². The zero-order valence-electron chi connectivity index (χ0n) is 9.30. The lowest BCUT2D eigenvalue weighted by Crippen LogP contribution is -2.29. The van der Waals surface area contributed by atoms with Gasteiger partial charge >= 0.3 is 0 Å². The summed E-state index contributed by atoms with van der Waals surface area (Å²) in [7, 11) is 3.57. The Morgan fingerprint density at radius 2 is 1.38 bits per heavy atom. The van der Waals surface area contributed by atoms with E-state index in [1.165, 1.54) is 12.8 Å². The fraction of sp³-hybridized carbons (Fsp3) is 1.00. The van der Waals surface area contributed by atoms with Crippen LogP contribution in [-0.2, 0) is 9.47 Å². The van der Waals surface area contributed by atoms with E-state index in [0.717, 1.165) is 25.0 Å². The van der Waals surface area contributed by atoms with Gasteiger partial charge in [-0.05, 0) is 24.7 Å². The zero-order valence-corrected chi connectivity index (χ0v) is 9.30. The first-order valence-corrected chi connectivity index (χ1v) is 5.11. The molecule has 0 N–H and O–H groups in total. The van der Waals surface area contributed by atoms with Crippen LogP contribution in [0.5, 0.6) is 0 Å². The monoisotopic (exact) mass is 186 g/mol. The van der Waals surface area contributed by atoms with Gasteiger partial charge in [0.15, 0.2) is 0 Å². The molecule has 1 rings (SSSR count). The molecule has 0 aromatic heterocycles. The summed E-state index contributed by atoms with van der Waals surface area (Å²) >= 11 is 0. The van der Waals surface area contributed by atoms with E-state index in [9.17, 15) is 0 Å². The van der Waals surface area contributed by atoms with Crippen molar-refractivity contribution >= 4 is 0 Å². The predicted molar refractivity (Wildman–Crippen MR) is 53.7 cm³/mol. The molecule has 0 aliphatic heterocycles. The molecule has 78 valence electrons. The third-order valence-electron chi connectivity index (χ3n) is 3.38. The smallest absolute Gasteiger partial charge is 0.0540 e. The van der Waals surface area contributed by atoms with Crippen LogP contribution in [0, 0.1) is 17.3 Å². The third-order valence-corrected chi connectivity index (χ3v) is 3.38. The quantitative estimate of drug-likeness (QED) is 0.671. The molecule has 0 spiro atoms. The largest absolute Gasteiger partial charge is 0.384 e. The molecule has 0 saturated heterocycles. The zero-order chi connectivity index (χ0) is 9.90. The molecule has 0 radical (unpaired) electrons. The normalized spacial score (nSPS) is 32.3. The van der Waals surface area contributed by atoms with Crippen LogP contribution in [0.4, 0.5) is 0 Å². The first-order chi connectivity index (χ1) is 6.13. The minimum absolute atomic E-state index is 0.294. The number of hydrogen-bond donors (Lipinski definition) is 0. The van der Waals surface area contributed by atoms with Crippen molar-refractivity contribution in [3.63, 3.8) is 0 Å².